The van der Waals surface area contributed by atoms with Crippen LogP contribution < -0.4 is 5.73 Å². The predicted molar refractivity (Wildman–Crippen MR) is 111 cm³/mol. The second kappa shape index (κ2) is 6.66. The number of unbranched alkanes of at least 4 members (excludes halogenated alkanes) is 1. The molecule has 2 nitrogen and oxygen atoms in total. The minimum absolute atomic E-state index is 0.761. The van der Waals surface area contributed by atoms with Gasteiger partial charge in [0.05, 0.1) is 5.69 Å². The maximum atomic E-state index is 5.73. The van der Waals surface area contributed by atoms with E-state index in [4.69, 9.17) is 5.73 Å². The van der Waals surface area contributed by atoms with Crippen LogP contribution in [0.4, 0.5) is 0 Å². The van der Waals surface area contributed by atoms with Crippen molar-refractivity contribution >= 4 is 32.3 Å². The molecule has 2 aromatic carbocycles. The Bertz CT molecular complexity index is 1040. The van der Waals surface area contributed by atoms with Crippen LogP contribution >= 0.6 is 11.3 Å². The van der Waals surface area contributed by atoms with Gasteiger partial charge in [0.25, 0.3) is 0 Å². The fraction of sp³-hybridized carbons (Fsp3) is 0.273. The summed E-state index contributed by atoms with van der Waals surface area (Å²) in [5.74, 6) is 0. The molecule has 0 atom stereocenters. The molecule has 0 radical (unpaired) electrons. The van der Waals surface area contributed by atoms with Gasteiger partial charge in [0.15, 0.2) is 0 Å². The number of hydrogen-bond acceptors (Lipinski definition) is 2. The van der Waals surface area contributed by atoms with Crippen LogP contribution in [0.15, 0.2) is 41.8 Å². The monoisotopic (exact) mass is 348 g/mol. The zero-order valence-corrected chi connectivity index (χ0v) is 15.7. The Morgan fingerprint density at radius 1 is 1.08 bits per heavy atom. The van der Waals surface area contributed by atoms with Crippen LogP contribution in [0.25, 0.3) is 32.2 Å². The van der Waals surface area contributed by atoms with Crippen LogP contribution in [0.5, 0.6) is 0 Å². The lowest BCUT2D eigenvalue weighted by Gasteiger charge is -2.06. The van der Waals surface area contributed by atoms with Crippen molar-refractivity contribution in [3.8, 4) is 11.3 Å². The van der Waals surface area contributed by atoms with Crippen molar-refractivity contribution in [2.24, 2.45) is 5.73 Å². The van der Waals surface area contributed by atoms with E-state index in [0.29, 0.717) is 0 Å². The maximum Gasteiger partial charge on any atom is 0.0512 e. The molecule has 0 bridgehead atoms. The summed E-state index contributed by atoms with van der Waals surface area (Å²) in [7, 11) is 0. The summed E-state index contributed by atoms with van der Waals surface area (Å²) in [6.07, 6.45) is 3.27. The molecule has 4 rings (SSSR count). The third-order valence-corrected chi connectivity index (χ3v) is 5.94. The molecule has 2 heterocycles. The summed E-state index contributed by atoms with van der Waals surface area (Å²) in [4.78, 5) is 3.74. The predicted octanol–water partition coefficient (Wildman–Crippen LogP) is 5.95. The van der Waals surface area contributed by atoms with Gasteiger partial charge in [-0.2, -0.15) is 0 Å². The Kier molecular flexibility index (Phi) is 4.36. The molecule has 0 aliphatic carbocycles. The summed E-state index contributed by atoms with van der Waals surface area (Å²) >= 11 is 1.82. The van der Waals surface area contributed by atoms with E-state index in [0.717, 1.165) is 25.8 Å². The van der Waals surface area contributed by atoms with Crippen LogP contribution in [-0.4, -0.2) is 11.5 Å². The summed E-state index contributed by atoms with van der Waals surface area (Å²) < 4.78 is 1.34. The van der Waals surface area contributed by atoms with Crippen molar-refractivity contribution in [3.05, 3.63) is 58.5 Å². The lowest BCUT2D eigenvalue weighted by atomic mass is 9.97. The molecular formula is C22H24N2S. The first-order valence-electron chi connectivity index (χ1n) is 8.97. The lowest BCUT2D eigenvalue weighted by molar-refractivity contribution is 0.748. The normalized spacial score (nSPS) is 11.6. The standard InChI is InChI=1S/C22H24N2S/c1-14-11-15(2)21-17(8-5-6-10-23)22(24-19(21)12-14)18-13-25-20-9-4-3-7-16(18)20/h3-4,7,9,11-13,24H,5-6,8,10,23H2,1-2H3. The van der Waals surface area contributed by atoms with Crippen LogP contribution in [0.2, 0.25) is 0 Å². The summed E-state index contributed by atoms with van der Waals surface area (Å²) in [5, 5.41) is 5.03. The van der Waals surface area contributed by atoms with E-state index in [9.17, 15) is 0 Å². The first kappa shape index (κ1) is 16.4. The first-order valence-corrected chi connectivity index (χ1v) is 9.85. The Labute approximate surface area is 152 Å². The van der Waals surface area contributed by atoms with Gasteiger partial charge in [-0.3, -0.25) is 0 Å². The second-order valence-electron chi connectivity index (χ2n) is 6.87. The van der Waals surface area contributed by atoms with E-state index in [1.807, 2.05) is 11.3 Å². The number of hydrogen-bond donors (Lipinski definition) is 2. The Morgan fingerprint density at radius 3 is 2.76 bits per heavy atom. The topological polar surface area (TPSA) is 41.8 Å². The third-order valence-electron chi connectivity index (χ3n) is 4.97. The first-order chi connectivity index (χ1) is 12.2. The molecule has 128 valence electrons. The quantitative estimate of drug-likeness (QED) is 0.430. The summed E-state index contributed by atoms with van der Waals surface area (Å²) in [6, 6.07) is 13.2. The molecule has 0 unspecified atom stereocenters. The number of fused-ring (bicyclic) bond motifs is 2. The largest absolute Gasteiger partial charge is 0.354 e. The minimum Gasteiger partial charge on any atom is -0.354 e. The molecule has 4 aromatic rings. The van der Waals surface area contributed by atoms with Crippen molar-refractivity contribution < 1.29 is 0 Å². The molecule has 0 amide bonds. The summed E-state index contributed by atoms with van der Waals surface area (Å²) in [6.45, 7) is 5.16. The Balaban J connectivity index is 1.95. The van der Waals surface area contributed by atoms with Gasteiger partial charge in [-0.1, -0.05) is 24.3 Å². The highest BCUT2D eigenvalue weighted by molar-refractivity contribution is 7.17. The van der Waals surface area contributed by atoms with Crippen molar-refractivity contribution in [2.75, 3.05) is 6.54 Å². The second-order valence-corrected chi connectivity index (χ2v) is 7.79. The van der Waals surface area contributed by atoms with Gasteiger partial charge in [-0.15, -0.1) is 11.3 Å². The van der Waals surface area contributed by atoms with Crippen molar-refractivity contribution in [3.63, 3.8) is 0 Å². The molecular weight excluding hydrogens is 324 g/mol. The fourth-order valence-corrected chi connectivity index (χ4v) is 4.85. The molecule has 0 aliphatic rings. The fourth-order valence-electron chi connectivity index (χ4n) is 3.90. The maximum absolute atomic E-state index is 5.73. The molecule has 3 heteroatoms. The molecule has 0 aliphatic heterocycles. The Morgan fingerprint density at radius 2 is 1.92 bits per heavy atom. The van der Waals surface area contributed by atoms with Gasteiger partial charge in [0.1, 0.15) is 0 Å². The highest BCUT2D eigenvalue weighted by Crippen LogP contribution is 2.39. The van der Waals surface area contributed by atoms with Crippen molar-refractivity contribution in [1.29, 1.82) is 0 Å². The molecule has 25 heavy (non-hydrogen) atoms. The van der Waals surface area contributed by atoms with Gasteiger partial charge in [-0.05, 0) is 68.5 Å². The molecule has 3 N–H and O–H groups in total. The number of thiophene rings is 1. The highest BCUT2D eigenvalue weighted by atomic mass is 32.1. The van der Waals surface area contributed by atoms with Gasteiger partial charge in [0.2, 0.25) is 0 Å². The number of aromatic amines is 1. The molecule has 0 spiro atoms. The molecule has 0 saturated carbocycles. The van der Waals surface area contributed by atoms with E-state index in [1.54, 1.807) is 0 Å². The van der Waals surface area contributed by atoms with Crippen LogP contribution in [0.1, 0.15) is 29.5 Å². The van der Waals surface area contributed by atoms with Crippen LogP contribution in [0, 0.1) is 13.8 Å². The number of benzene rings is 2. The number of H-pyrrole nitrogens is 1. The third kappa shape index (κ3) is 2.88. The van der Waals surface area contributed by atoms with Crippen molar-refractivity contribution in [2.45, 2.75) is 33.1 Å². The SMILES string of the molecule is Cc1cc(C)c2c(CCCCN)c(-c3csc4ccccc34)[nH]c2c1. The van der Waals surface area contributed by atoms with E-state index in [2.05, 4.69) is 60.6 Å². The number of nitrogens with one attached hydrogen (secondary N) is 1. The molecule has 0 saturated heterocycles. The number of aryl methyl sites for hydroxylation is 3. The van der Waals surface area contributed by atoms with E-state index < -0.39 is 0 Å². The minimum atomic E-state index is 0.761. The van der Waals surface area contributed by atoms with E-state index in [1.165, 1.54) is 48.9 Å². The van der Waals surface area contributed by atoms with E-state index in [-0.39, 0.29) is 0 Å². The number of aromatic nitrogens is 1. The zero-order chi connectivity index (χ0) is 17.4. The van der Waals surface area contributed by atoms with Gasteiger partial charge >= 0.3 is 0 Å². The van der Waals surface area contributed by atoms with Crippen molar-refractivity contribution in [1.82, 2.24) is 4.98 Å². The van der Waals surface area contributed by atoms with Gasteiger partial charge < -0.3 is 10.7 Å². The Hall–Kier alpha value is -2.10. The summed E-state index contributed by atoms with van der Waals surface area (Å²) in [5.41, 5.74) is 13.7. The molecule has 2 aromatic heterocycles. The lowest BCUT2D eigenvalue weighted by Crippen LogP contribution is -1.99. The zero-order valence-electron chi connectivity index (χ0n) is 14.9. The average Bonchev–Trinajstić information content (AvgIpc) is 3.16. The smallest absolute Gasteiger partial charge is 0.0512 e. The highest BCUT2D eigenvalue weighted by Gasteiger charge is 2.17. The molecule has 0 fully saturated rings. The number of rotatable bonds is 5. The van der Waals surface area contributed by atoms with Crippen LogP contribution in [-0.2, 0) is 6.42 Å². The van der Waals surface area contributed by atoms with Gasteiger partial charge in [0, 0.05) is 31.9 Å². The number of nitrogens with two attached hydrogens (primary N) is 1. The van der Waals surface area contributed by atoms with E-state index >= 15 is 0 Å². The van der Waals surface area contributed by atoms with Crippen LogP contribution in [0.3, 0.4) is 0 Å². The average molecular weight is 349 g/mol. The van der Waals surface area contributed by atoms with Gasteiger partial charge in [-0.25, -0.2) is 0 Å².